The molecule has 0 saturated heterocycles. The van der Waals surface area contributed by atoms with Crippen LogP contribution in [0.4, 0.5) is 0 Å². The zero-order chi connectivity index (χ0) is 37.5. The molecule has 0 atom stereocenters. The predicted molar refractivity (Wildman–Crippen MR) is 232 cm³/mol. The Balaban J connectivity index is 1.07. The molecule has 266 valence electrons. The van der Waals surface area contributed by atoms with Crippen LogP contribution in [0.2, 0.25) is 0 Å². The lowest BCUT2D eigenvalue weighted by Crippen LogP contribution is -2.31. The van der Waals surface area contributed by atoms with Crippen LogP contribution in [-0.4, -0.2) is 19.5 Å². The third kappa shape index (κ3) is 4.73. The van der Waals surface area contributed by atoms with Crippen LogP contribution in [0, 0.1) is 0 Å². The number of rotatable bonds is 4. The van der Waals surface area contributed by atoms with Crippen LogP contribution >= 0.6 is 11.8 Å². The molecule has 0 unspecified atom stereocenters. The van der Waals surface area contributed by atoms with Crippen LogP contribution in [0.3, 0.4) is 0 Å². The average Bonchev–Trinajstić information content (AvgIpc) is 3.76. The van der Waals surface area contributed by atoms with Crippen LogP contribution in [0.25, 0.3) is 72.8 Å². The molecule has 2 aromatic heterocycles. The molecule has 3 heterocycles. The van der Waals surface area contributed by atoms with Crippen molar-refractivity contribution in [3.63, 3.8) is 0 Å². The number of benzene rings is 8. The van der Waals surface area contributed by atoms with Gasteiger partial charge in [0.15, 0.2) is 17.5 Å². The molecular weight excluding hydrogens is 713 g/mol. The second-order valence-corrected chi connectivity index (χ2v) is 15.8. The van der Waals surface area contributed by atoms with Crippen LogP contribution in [0.15, 0.2) is 204 Å². The Kier molecular flexibility index (Phi) is 7.04. The summed E-state index contributed by atoms with van der Waals surface area (Å²) in [4.78, 5) is 17.5. The molecule has 2 aliphatic rings. The molecule has 57 heavy (non-hydrogen) atoms. The Labute approximate surface area is 334 Å². The largest absolute Gasteiger partial charge is 0.309 e. The molecule has 0 radical (unpaired) electrons. The first-order chi connectivity index (χ1) is 28.3. The van der Waals surface area contributed by atoms with Crippen molar-refractivity contribution in [3.05, 3.63) is 216 Å². The average molecular weight is 745 g/mol. The van der Waals surface area contributed by atoms with Gasteiger partial charge < -0.3 is 4.57 Å². The van der Waals surface area contributed by atoms with E-state index in [0.717, 1.165) is 22.4 Å². The predicted octanol–water partition coefficient (Wildman–Crippen LogP) is 12.8. The van der Waals surface area contributed by atoms with Gasteiger partial charge in [-0.3, -0.25) is 0 Å². The van der Waals surface area contributed by atoms with E-state index >= 15 is 0 Å². The maximum Gasteiger partial charge on any atom is 0.164 e. The molecule has 0 fully saturated rings. The Bertz CT molecular complexity index is 3100. The van der Waals surface area contributed by atoms with Crippen molar-refractivity contribution >= 4 is 33.6 Å². The smallest absolute Gasteiger partial charge is 0.164 e. The number of hydrogen-bond donors (Lipinski definition) is 0. The summed E-state index contributed by atoms with van der Waals surface area (Å²) in [5, 5.41) is 2.47. The van der Waals surface area contributed by atoms with Crippen molar-refractivity contribution in [1.82, 2.24) is 19.5 Å². The van der Waals surface area contributed by atoms with E-state index in [9.17, 15) is 0 Å². The lowest BCUT2D eigenvalue weighted by Gasteiger charge is -2.39. The number of hydrogen-bond acceptors (Lipinski definition) is 4. The van der Waals surface area contributed by atoms with E-state index in [1.165, 1.54) is 65.0 Å². The molecule has 0 bridgehead atoms. The molecule has 0 saturated carbocycles. The summed E-state index contributed by atoms with van der Waals surface area (Å²) in [6, 6.07) is 69.7. The second kappa shape index (κ2) is 12.5. The molecule has 4 nitrogen and oxygen atoms in total. The fourth-order valence-corrected chi connectivity index (χ4v) is 10.5. The minimum Gasteiger partial charge on any atom is -0.309 e. The van der Waals surface area contributed by atoms with Gasteiger partial charge in [0.1, 0.15) is 0 Å². The number of para-hydroxylation sites is 1. The highest BCUT2D eigenvalue weighted by Gasteiger charge is 2.50. The Morgan fingerprint density at radius 2 is 0.877 bits per heavy atom. The Morgan fingerprint density at radius 1 is 0.368 bits per heavy atom. The summed E-state index contributed by atoms with van der Waals surface area (Å²) < 4.78 is 2.43. The zero-order valence-electron chi connectivity index (χ0n) is 30.7. The second-order valence-electron chi connectivity index (χ2n) is 14.7. The van der Waals surface area contributed by atoms with Crippen LogP contribution in [-0.2, 0) is 5.41 Å². The van der Waals surface area contributed by atoms with E-state index in [1.807, 2.05) is 72.4 Å². The summed E-state index contributed by atoms with van der Waals surface area (Å²) in [6.45, 7) is 0. The Morgan fingerprint density at radius 3 is 1.51 bits per heavy atom. The molecule has 0 amide bonds. The van der Waals surface area contributed by atoms with E-state index in [0.29, 0.717) is 17.5 Å². The van der Waals surface area contributed by atoms with Gasteiger partial charge in [0.05, 0.1) is 16.4 Å². The van der Waals surface area contributed by atoms with Gasteiger partial charge in [0.25, 0.3) is 0 Å². The van der Waals surface area contributed by atoms with Crippen molar-refractivity contribution in [2.45, 2.75) is 15.2 Å². The molecule has 12 rings (SSSR count). The van der Waals surface area contributed by atoms with Crippen LogP contribution in [0.1, 0.15) is 22.3 Å². The maximum absolute atomic E-state index is 5.01. The first kappa shape index (κ1) is 32.2. The molecule has 1 aliphatic carbocycles. The van der Waals surface area contributed by atoms with Gasteiger partial charge in [-0.25, -0.2) is 15.0 Å². The third-order valence-electron chi connectivity index (χ3n) is 11.7. The van der Waals surface area contributed by atoms with Gasteiger partial charge in [-0.05, 0) is 88.0 Å². The van der Waals surface area contributed by atoms with Crippen LogP contribution in [0.5, 0.6) is 0 Å². The SMILES string of the molecule is c1ccc(-c2nc(-c3ccccc3)nc(-c3ccc(-n4c5ccccc5c5cc6c(cc54)C4(c5ccccc5Sc5ccccc54)c4ccccc4-6)cc3)n2)cc1. The first-order valence-corrected chi connectivity index (χ1v) is 20.1. The normalized spacial score (nSPS) is 13.3. The standard InChI is InChI=1S/C52H32N4S/c1-3-15-33(16-4-1)49-53-50(34-17-5-2-6-18-34)55-51(54-49)35-27-29-36(30-28-35)56-45-24-12-8-20-38(45)40-31-39-37-19-7-9-21-41(37)52(44(39)32-46(40)56)42-22-10-13-25-47(42)57-48-26-14-11-23-43(48)52/h1-32H. The highest BCUT2D eigenvalue weighted by atomic mass is 32.2. The van der Waals surface area contributed by atoms with Gasteiger partial charge in [0, 0.05) is 42.9 Å². The van der Waals surface area contributed by atoms with Gasteiger partial charge in [-0.1, -0.05) is 151 Å². The van der Waals surface area contributed by atoms with Crippen molar-refractivity contribution in [3.8, 4) is 51.0 Å². The fourth-order valence-electron chi connectivity index (χ4n) is 9.29. The number of fused-ring (bicyclic) bond motifs is 12. The molecule has 1 aliphatic heterocycles. The van der Waals surface area contributed by atoms with Crippen LogP contribution < -0.4 is 0 Å². The summed E-state index contributed by atoms with van der Waals surface area (Å²) in [5.74, 6) is 1.94. The minimum atomic E-state index is -0.449. The fraction of sp³-hybridized carbons (Fsp3) is 0.0192. The highest BCUT2D eigenvalue weighted by molar-refractivity contribution is 7.99. The lowest BCUT2D eigenvalue weighted by atomic mass is 9.67. The van der Waals surface area contributed by atoms with Crippen molar-refractivity contribution in [2.75, 3.05) is 0 Å². The van der Waals surface area contributed by atoms with Crippen molar-refractivity contribution in [2.24, 2.45) is 0 Å². The van der Waals surface area contributed by atoms with E-state index in [1.54, 1.807) is 0 Å². The topological polar surface area (TPSA) is 43.6 Å². The molecule has 1 spiro atoms. The monoisotopic (exact) mass is 744 g/mol. The molecule has 10 aromatic rings. The van der Waals surface area contributed by atoms with Crippen molar-refractivity contribution < 1.29 is 0 Å². The molecule has 5 heteroatoms. The highest BCUT2D eigenvalue weighted by Crippen LogP contribution is 2.62. The number of aromatic nitrogens is 4. The van der Waals surface area contributed by atoms with Gasteiger partial charge in [-0.15, -0.1) is 0 Å². The summed E-state index contributed by atoms with van der Waals surface area (Å²) in [6.07, 6.45) is 0. The Hall–Kier alpha value is -7.08. The van der Waals surface area contributed by atoms with Gasteiger partial charge in [0.2, 0.25) is 0 Å². The number of nitrogens with zero attached hydrogens (tertiary/aromatic N) is 4. The minimum absolute atomic E-state index is 0.449. The molecular formula is C52H32N4S. The van der Waals surface area contributed by atoms with Gasteiger partial charge >= 0.3 is 0 Å². The first-order valence-electron chi connectivity index (χ1n) is 19.3. The van der Waals surface area contributed by atoms with E-state index in [4.69, 9.17) is 15.0 Å². The van der Waals surface area contributed by atoms with Crippen molar-refractivity contribution in [1.29, 1.82) is 0 Å². The summed E-state index contributed by atoms with van der Waals surface area (Å²) >= 11 is 1.88. The third-order valence-corrected chi connectivity index (χ3v) is 12.9. The molecule has 8 aromatic carbocycles. The van der Waals surface area contributed by atoms with Gasteiger partial charge in [-0.2, -0.15) is 0 Å². The van der Waals surface area contributed by atoms with E-state index in [2.05, 4.69) is 138 Å². The quantitative estimate of drug-likeness (QED) is 0.180. The summed E-state index contributed by atoms with van der Waals surface area (Å²) in [5.41, 5.74) is 13.8. The van der Waals surface area contributed by atoms with E-state index < -0.39 is 5.41 Å². The maximum atomic E-state index is 5.01. The molecule has 0 N–H and O–H groups in total. The lowest BCUT2D eigenvalue weighted by molar-refractivity contribution is 0.723. The zero-order valence-corrected chi connectivity index (χ0v) is 31.5. The summed E-state index contributed by atoms with van der Waals surface area (Å²) in [7, 11) is 0. The van der Waals surface area contributed by atoms with E-state index in [-0.39, 0.29) is 0 Å².